The van der Waals surface area contributed by atoms with Crippen LogP contribution < -0.4 is 10.6 Å². The van der Waals surface area contributed by atoms with Crippen LogP contribution in [0.4, 0.5) is 18.9 Å². The fourth-order valence-electron chi connectivity index (χ4n) is 2.80. The van der Waals surface area contributed by atoms with Crippen LogP contribution in [0.25, 0.3) is 0 Å². The zero-order chi connectivity index (χ0) is 25.0. The summed E-state index contributed by atoms with van der Waals surface area (Å²) in [5.41, 5.74) is -2.83. The lowest BCUT2D eigenvalue weighted by Gasteiger charge is -2.32. The van der Waals surface area contributed by atoms with Gasteiger partial charge >= 0.3 is 6.18 Å². The van der Waals surface area contributed by atoms with Gasteiger partial charge in [-0.1, -0.05) is 56.8 Å². The molecule has 2 aromatic rings. The van der Waals surface area contributed by atoms with Gasteiger partial charge in [-0.05, 0) is 42.3 Å². The summed E-state index contributed by atoms with van der Waals surface area (Å²) in [6.45, 7) is 1.07. The Morgan fingerprint density at radius 1 is 1.18 bits per heavy atom. The zero-order valence-electron chi connectivity index (χ0n) is 17.5. The molecule has 0 spiro atoms. The smallest absolute Gasteiger partial charge is 0.381 e. The molecule has 182 valence electrons. The molecule has 2 atom stereocenters. The Morgan fingerprint density at radius 2 is 1.79 bits per heavy atom. The van der Waals surface area contributed by atoms with Crippen molar-refractivity contribution < 1.29 is 27.8 Å². The van der Waals surface area contributed by atoms with Crippen LogP contribution in [0.5, 0.6) is 0 Å². The summed E-state index contributed by atoms with van der Waals surface area (Å²) in [5, 5.41) is 15.4. The summed E-state index contributed by atoms with van der Waals surface area (Å²) < 4.78 is 47.1. The lowest BCUT2D eigenvalue weighted by Crippen LogP contribution is -2.47. The van der Waals surface area contributed by atoms with E-state index in [0.29, 0.717) is 15.7 Å². The average Bonchev–Trinajstić information content (AvgIpc) is 2.73. The molecular formula is C21H21BrCl3F3N2O3. The maximum absolute atomic E-state index is 13.8. The lowest BCUT2D eigenvalue weighted by molar-refractivity contribution is -0.260. The minimum atomic E-state index is -5.04. The molecule has 0 aliphatic rings. The average molecular weight is 593 g/mol. The van der Waals surface area contributed by atoms with Gasteiger partial charge in [0.1, 0.15) is 0 Å². The number of nitrogens with one attached hydrogen (secondary N) is 2. The maximum Gasteiger partial charge on any atom is 0.423 e. The van der Waals surface area contributed by atoms with E-state index in [-0.39, 0.29) is 40.0 Å². The number of carbonyl (C=O) groups excluding carboxylic acids is 1. The summed E-state index contributed by atoms with van der Waals surface area (Å²) in [7, 11) is 1.51. The summed E-state index contributed by atoms with van der Waals surface area (Å²) in [6.07, 6.45) is -5.07. The first kappa shape index (κ1) is 28.0. The number of aliphatic hydroxyl groups is 1. The van der Waals surface area contributed by atoms with Crippen molar-refractivity contribution in [2.45, 2.75) is 37.8 Å². The van der Waals surface area contributed by atoms with Crippen molar-refractivity contribution in [2.24, 2.45) is 0 Å². The molecule has 33 heavy (non-hydrogen) atoms. The first-order chi connectivity index (χ1) is 15.3. The van der Waals surface area contributed by atoms with E-state index in [9.17, 15) is 23.1 Å². The Hall–Kier alpha value is -1.23. The number of alkyl halides is 3. The Balaban J connectivity index is 2.16. The fourth-order valence-corrected chi connectivity index (χ4v) is 3.92. The Kier molecular flexibility index (Phi) is 9.73. The number of anilines is 1. The Bertz CT molecular complexity index is 987. The molecule has 12 heteroatoms. The molecule has 0 saturated heterocycles. The maximum atomic E-state index is 13.8. The van der Waals surface area contributed by atoms with Crippen molar-refractivity contribution in [2.75, 3.05) is 19.0 Å². The van der Waals surface area contributed by atoms with Gasteiger partial charge in [-0.25, -0.2) is 0 Å². The van der Waals surface area contributed by atoms with Crippen molar-refractivity contribution in [3.63, 3.8) is 0 Å². The van der Waals surface area contributed by atoms with Gasteiger partial charge in [-0.15, -0.1) is 0 Å². The molecule has 0 aromatic heterocycles. The third-order valence-electron chi connectivity index (χ3n) is 4.88. The normalized spacial score (nSPS) is 14.5. The van der Waals surface area contributed by atoms with Gasteiger partial charge in [0, 0.05) is 23.8 Å². The second-order valence-electron chi connectivity index (χ2n) is 7.30. The van der Waals surface area contributed by atoms with Crippen LogP contribution in [0.2, 0.25) is 15.1 Å². The van der Waals surface area contributed by atoms with Gasteiger partial charge in [0.05, 0.1) is 34.1 Å². The molecule has 3 N–H and O–H groups in total. The van der Waals surface area contributed by atoms with Crippen LogP contribution in [-0.4, -0.2) is 36.9 Å². The number of hydrogen-bond donors (Lipinski definition) is 3. The van der Waals surface area contributed by atoms with Crippen molar-refractivity contribution in [1.82, 2.24) is 5.32 Å². The minimum absolute atomic E-state index is 0.108. The molecule has 1 amide bonds. The third-order valence-corrected chi connectivity index (χ3v) is 6.82. The quantitative estimate of drug-likeness (QED) is 0.299. The molecule has 0 fully saturated rings. The highest BCUT2D eigenvalue weighted by Gasteiger charge is 2.55. The monoisotopic (exact) mass is 590 g/mol. The second-order valence-corrected chi connectivity index (χ2v) is 9.35. The zero-order valence-corrected chi connectivity index (χ0v) is 21.3. The summed E-state index contributed by atoms with van der Waals surface area (Å²) in [6, 6.07) is 6.56. The number of hydrogen-bond acceptors (Lipinski definition) is 4. The van der Waals surface area contributed by atoms with Gasteiger partial charge in [-0.2, -0.15) is 13.2 Å². The molecule has 0 bridgehead atoms. The Morgan fingerprint density at radius 3 is 2.30 bits per heavy atom. The third kappa shape index (κ3) is 7.13. The van der Waals surface area contributed by atoms with E-state index in [4.69, 9.17) is 39.5 Å². The van der Waals surface area contributed by atoms with Crippen LogP contribution in [0.3, 0.4) is 0 Å². The van der Waals surface area contributed by atoms with Crippen molar-refractivity contribution in [3.8, 4) is 0 Å². The van der Waals surface area contributed by atoms with Crippen LogP contribution >= 0.6 is 50.7 Å². The predicted octanol–water partition coefficient (Wildman–Crippen LogP) is 6.31. The highest BCUT2D eigenvalue weighted by Crippen LogP contribution is 2.43. The van der Waals surface area contributed by atoms with E-state index in [0.717, 1.165) is 12.1 Å². The van der Waals surface area contributed by atoms with Gasteiger partial charge in [0.2, 0.25) is 11.5 Å². The van der Waals surface area contributed by atoms with Crippen molar-refractivity contribution in [1.29, 1.82) is 0 Å². The molecule has 0 aliphatic heterocycles. The van der Waals surface area contributed by atoms with Crippen LogP contribution in [0.1, 0.15) is 24.5 Å². The highest BCUT2D eigenvalue weighted by molar-refractivity contribution is 9.10. The number of ether oxygens (including phenoxy) is 1. The molecular weight excluding hydrogens is 571 g/mol. The fraction of sp³-hybridized carbons (Fsp3) is 0.381. The predicted molar refractivity (Wildman–Crippen MR) is 127 cm³/mol. The summed E-state index contributed by atoms with van der Waals surface area (Å²) in [4.78, 5) is 11.9. The van der Waals surface area contributed by atoms with Crippen molar-refractivity contribution >= 4 is 62.3 Å². The standard InChI is InChI=1S/C21H21BrCl3F3N2O3/c1-11(33-2)5-18(31)29-9-12-3-4-14(8-15(12)22)30-10-20(32,21(26,27)28)13-6-16(23)19(25)17(24)7-13/h3-4,6-8,11,30,32H,5,9-10H2,1-2H3,(H,29,31)/t11-,20+/m1/s1. The number of benzene rings is 2. The lowest BCUT2D eigenvalue weighted by atomic mass is 9.92. The SMILES string of the molecule is CO[C@H](C)CC(=O)NCc1ccc(NC[C@](O)(c2cc(Cl)c(Cl)c(Cl)c2)C(F)(F)F)cc1Br. The topological polar surface area (TPSA) is 70.6 Å². The largest absolute Gasteiger partial charge is 0.423 e. The molecule has 0 heterocycles. The summed E-state index contributed by atoms with van der Waals surface area (Å²) in [5.74, 6) is -0.200. The Labute approximate surface area is 212 Å². The van der Waals surface area contributed by atoms with Crippen LogP contribution in [-0.2, 0) is 21.7 Å². The molecule has 0 unspecified atom stereocenters. The molecule has 5 nitrogen and oxygen atoms in total. The molecule has 0 radical (unpaired) electrons. The van der Waals surface area contributed by atoms with Gasteiger partial charge in [0.15, 0.2) is 0 Å². The van der Waals surface area contributed by atoms with E-state index in [1.54, 1.807) is 13.0 Å². The second kappa shape index (κ2) is 11.5. The molecule has 2 rings (SSSR count). The minimum Gasteiger partial charge on any atom is -0.381 e. The van der Waals surface area contributed by atoms with Crippen LogP contribution in [0, 0.1) is 0 Å². The van der Waals surface area contributed by atoms with E-state index in [1.165, 1.54) is 19.2 Å². The number of amides is 1. The molecule has 0 aliphatic carbocycles. The van der Waals surface area contributed by atoms with Gasteiger partial charge < -0.3 is 20.5 Å². The van der Waals surface area contributed by atoms with Gasteiger partial charge in [-0.3, -0.25) is 4.79 Å². The first-order valence-corrected chi connectivity index (χ1v) is 11.5. The number of carbonyl (C=O) groups is 1. The molecule has 0 saturated carbocycles. The van der Waals surface area contributed by atoms with E-state index in [1.807, 2.05) is 0 Å². The highest BCUT2D eigenvalue weighted by atomic mass is 79.9. The first-order valence-electron chi connectivity index (χ1n) is 9.54. The van der Waals surface area contributed by atoms with Crippen LogP contribution in [0.15, 0.2) is 34.8 Å². The van der Waals surface area contributed by atoms with E-state index >= 15 is 0 Å². The number of methoxy groups -OCH3 is 1. The van der Waals surface area contributed by atoms with Crippen molar-refractivity contribution in [3.05, 3.63) is 61.0 Å². The van der Waals surface area contributed by atoms with E-state index in [2.05, 4.69) is 26.6 Å². The van der Waals surface area contributed by atoms with Gasteiger partial charge in [0.25, 0.3) is 0 Å². The summed E-state index contributed by atoms with van der Waals surface area (Å²) >= 11 is 20.9. The number of rotatable bonds is 9. The van der Waals surface area contributed by atoms with E-state index < -0.39 is 23.9 Å². The molecule has 2 aromatic carbocycles. The number of halogens is 7.